The van der Waals surface area contributed by atoms with Gasteiger partial charge >= 0.3 is 6.03 Å². The first-order valence-electron chi connectivity index (χ1n) is 7.66. The molecule has 2 heterocycles. The zero-order valence-electron chi connectivity index (χ0n) is 13.0. The van der Waals surface area contributed by atoms with Crippen LogP contribution < -0.4 is 10.2 Å². The Balaban J connectivity index is 1.72. The van der Waals surface area contributed by atoms with Crippen LogP contribution in [-0.2, 0) is 0 Å². The Kier molecular flexibility index (Phi) is 4.09. The van der Waals surface area contributed by atoms with E-state index in [4.69, 9.17) is 0 Å². The molecule has 1 fully saturated rings. The second kappa shape index (κ2) is 6.17. The van der Waals surface area contributed by atoms with Gasteiger partial charge in [0.15, 0.2) is 5.82 Å². The first-order valence-corrected chi connectivity index (χ1v) is 7.66. The van der Waals surface area contributed by atoms with E-state index in [1.165, 1.54) is 0 Å². The Morgan fingerprint density at radius 3 is 2.64 bits per heavy atom. The normalized spacial score (nSPS) is 15.4. The molecule has 0 unspecified atom stereocenters. The third-order valence-corrected chi connectivity index (χ3v) is 3.83. The Labute approximate surface area is 130 Å². The van der Waals surface area contributed by atoms with Crippen LogP contribution in [0.2, 0.25) is 0 Å². The van der Waals surface area contributed by atoms with E-state index in [2.05, 4.69) is 26.5 Å². The first kappa shape index (κ1) is 14.6. The molecule has 0 spiro atoms. The van der Waals surface area contributed by atoms with Crippen molar-refractivity contribution in [1.29, 1.82) is 0 Å². The smallest absolute Gasteiger partial charge is 0.317 e. The number of carbonyl (C=O) groups is 1. The molecule has 1 aromatic carbocycles. The van der Waals surface area contributed by atoms with Crippen molar-refractivity contribution in [1.82, 2.24) is 20.4 Å². The van der Waals surface area contributed by atoms with Gasteiger partial charge in [-0.15, -0.1) is 5.10 Å². The van der Waals surface area contributed by atoms with Crippen LogP contribution in [0.4, 0.5) is 10.6 Å². The summed E-state index contributed by atoms with van der Waals surface area (Å²) in [5.41, 5.74) is 0. The predicted octanol–water partition coefficient (Wildman–Crippen LogP) is 1.87. The molecule has 1 aliphatic heterocycles. The summed E-state index contributed by atoms with van der Waals surface area (Å²) in [5.74, 6) is 0.905. The predicted molar refractivity (Wildman–Crippen MR) is 87.0 cm³/mol. The SMILES string of the molecule is CC(C)NC(=O)N1CCN(c2nncc3ccccc23)CC1. The average molecular weight is 299 g/mol. The van der Waals surface area contributed by atoms with E-state index in [0.29, 0.717) is 13.1 Å². The molecule has 0 bridgehead atoms. The number of benzene rings is 1. The largest absolute Gasteiger partial charge is 0.351 e. The fourth-order valence-electron chi connectivity index (χ4n) is 2.71. The lowest BCUT2D eigenvalue weighted by Gasteiger charge is -2.35. The van der Waals surface area contributed by atoms with Crippen molar-refractivity contribution >= 4 is 22.6 Å². The topological polar surface area (TPSA) is 61.4 Å². The Morgan fingerprint density at radius 2 is 1.91 bits per heavy atom. The Hall–Kier alpha value is -2.37. The lowest BCUT2D eigenvalue weighted by Crippen LogP contribution is -2.53. The van der Waals surface area contributed by atoms with E-state index in [1.807, 2.05) is 36.9 Å². The van der Waals surface area contributed by atoms with E-state index in [1.54, 1.807) is 6.20 Å². The number of hydrogen-bond acceptors (Lipinski definition) is 4. The number of nitrogens with one attached hydrogen (secondary N) is 1. The molecule has 1 N–H and O–H groups in total. The molecule has 1 aliphatic rings. The zero-order valence-corrected chi connectivity index (χ0v) is 13.0. The number of fused-ring (bicyclic) bond motifs is 1. The van der Waals surface area contributed by atoms with Crippen molar-refractivity contribution in [3.05, 3.63) is 30.5 Å². The van der Waals surface area contributed by atoms with Gasteiger partial charge in [0.05, 0.1) is 6.20 Å². The molecule has 2 aromatic rings. The molecule has 3 rings (SSSR count). The van der Waals surface area contributed by atoms with Gasteiger partial charge in [0.2, 0.25) is 0 Å². The molecule has 2 amide bonds. The summed E-state index contributed by atoms with van der Waals surface area (Å²) in [6.45, 7) is 6.88. The fraction of sp³-hybridized carbons (Fsp3) is 0.438. The van der Waals surface area contributed by atoms with Crippen LogP contribution in [0.1, 0.15) is 13.8 Å². The van der Waals surface area contributed by atoms with E-state index < -0.39 is 0 Å². The first-order chi connectivity index (χ1) is 10.6. The molecule has 0 radical (unpaired) electrons. The van der Waals surface area contributed by atoms with Crippen molar-refractivity contribution in [2.24, 2.45) is 0 Å². The van der Waals surface area contributed by atoms with Crippen LogP contribution >= 0.6 is 0 Å². The number of urea groups is 1. The third kappa shape index (κ3) is 2.95. The van der Waals surface area contributed by atoms with Crippen LogP contribution in [0.25, 0.3) is 10.8 Å². The summed E-state index contributed by atoms with van der Waals surface area (Å²) in [4.78, 5) is 16.1. The maximum absolute atomic E-state index is 12.0. The van der Waals surface area contributed by atoms with E-state index in [0.717, 1.165) is 29.7 Å². The van der Waals surface area contributed by atoms with Crippen LogP contribution in [0, 0.1) is 0 Å². The highest BCUT2D eigenvalue weighted by molar-refractivity contribution is 5.91. The minimum atomic E-state index is 0.0126. The van der Waals surface area contributed by atoms with Crippen LogP contribution in [-0.4, -0.2) is 53.3 Å². The average Bonchev–Trinajstić information content (AvgIpc) is 2.54. The molecule has 6 nitrogen and oxygen atoms in total. The number of hydrogen-bond donors (Lipinski definition) is 1. The van der Waals surface area contributed by atoms with Gasteiger partial charge in [0.25, 0.3) is 0 Å². The summed E-state index contributed by atoms with van der Waals surface area (Å²) in [5, 5.41) is 13.5. The van der Waals surface area contributed by atoms with Crippen molar-refractivity contribution in [2.75, 3.05) is 31.1 Å². The number of carbonyl (C=O) groups excluding carboxylic acids is 1. The molecule has 1 saturated heterocycles. The summed E-state index contributed by atoms with van der Waals surface area (Å²) in [6, 6.07) is 8.30. The molecule has 22 heavy (non-hydrogen) atoms. The number of aromatic nitrogens is 2. The monoisotopic (exact) mass is 299 g/mol. The molecule has 0 aliphatic carbocycles. The summed E-state index contributed by atoms with van der Waals surface area (Å²) >= 11 is 0. The van der Waals surface area contributed by atoms with Crippen molar-refractivity contribution < 1.29 is 4.79 Å². The van der Waals surface area contributed by atoms with Gasteiger partial charge in [-0.05, 0) is 13.8 Å². The molecular weight excluding hydrogens is 278 g/mol. The van der Waals surface area contributed by atoms with Crippen molar-refractivity contribution in [3.8, 4) is 0 Å². The highest BCUT2D eigenvalue weighted by atomic mass is 16.2. The Bertz CT molecular complexity index is 659. The van der Waals surface area contributed by atoms with Gasteiger partial charge < -0.3 is 15.1 Å². The molecule has 6 heteroatoms. The molecular formula is C16H21N5O. The number of piperazine rings is 1. The number of amides is 2. The van der Waals surface area contributed by atoms with Crippen LogP contribution in [0.5, 0.6) is 0 Å². The summed E-state index contributed by atoms with van der Waals surface area (Å²) < 4.78 is 0. The van der Waals surface area contributed by atoms with Gasteiger partial charge in [-0.25, -0.2) is 4.79 Å². The highest BCUT2D eigenvalue weighted by Gasteiger charge is 2.23. The fourth-order valence-corrected chi connectivity index (χ4v) is 2.71. The highest BCUT2D eigenvalue weighted by Crippen LogP contribution is 2.23. The van der Waals surface area contributed by atoms with E-state index >= 15 is 0 Å². The number of rotatable bonds is 2. The van der Waals surface area contributed by atoms with Crippen molar-refractivity contribution in [3.63, 3.8) is 0 Å². The van der Waals surface area contributed by atoms with Gasteiger partial charge in [-0.3, -0.25) is 0 Å². The van der Waals surface area contributed by atoms with Gasteiger partial charge in [0.1, 0.15) is 0 Å². The van der Waals surface area contributed by atoms with Crippen molar-refractivity contribution in [2.45, 2.75) is 19.9 Å². The number of nitrogens with zero attached hydrogens (tertiary/aromatic N) is 4. The molecule has 116 valence electrons. The van der Waals surface area contributed by atoms with Crippen LogP contribution in [0.3, 0.4) is 0 Å². The maximum Gasteiger partial charge on any atom is 0.317 e. The van der Waals surface area contributed by atoms with Crippen LogP contribution in [0.15, 0.2) is 30.5 Å². The van der Waals surface area contributed by atoms with E-state index in [-0.39, 0.29) is 12.1 Å². The third-order valence-electron chi connectivity index (χ3n) is 3.83. The lowest BCUT2D eigenvalue weighted by molar-refractivity contribution is 0.191. The summed E-state index contributed by atoms with van der Waals surface area (Å²) in [6.07, 6.45) is 1.78. The zero-order chi connectivity index (χ0) is 15.5. The second-order valence-corrected chi connectivity index (χ2v) is 5.83. The Morgan fingerprint density at radius 1 is 1.18 bits per heavy atom. The minimum Gasteiger partial charge on any atom is -0.351 e. The molecule has 0 atom stereocenters. The minimum absolute atomic E-state index is 0.0126. The number of anilines is 1. The van der Waals surface area contributed by atoms with Gasteiger partial charge in [-0.1, -0.05) is 24.3 Å². The summed E-state index contributed by atoms with van der Waals surface area (Å²) in [7, 11) is 0. The molecule has 0 saturated carbocycles. The van der Waals surface area contributed by atoms with Gasteiger partial charge in [0, 0.05) is 43.0 Å². The standard InChI is InChI=1S/C16H21N5O/c1-12(2)18-16(22)21-9-7-20(8-10-21)15-14-6-4-3-5-13(14)11-17-19-15/h3-6,11-12H,7-10H2,1-2H3,(H,18,22). The van der Waals surface area contributed by atoms with E-state index in [9.17, 15) is 4.79 Å². The maximum atomic E-state index is 12.0. The van der Waals surface area contributed by atoms with Gasteiger partial charge in [-0.2, -0.15) is 5.10 Å². The molecule has 1 aromatic heterocycles. The lowest BCUT2D eigenvalue weighted by atomic mass is 10.2. The quantitative estimate of drug-likeness (QED) is 0.919. The second-order valence-electron chi connectivity index (χ2n) is 5.83.